The number of likely N-dealkylation sites (tertiary alicyclic amines) is 1. The van der Waals surface area contributed by atoms with Crippen LogP contribution in [0.5, 0.6) is 5.75 Å². The second kappa shape index (κ2) is 6.13. The van der Waals surface area contributed by atoms with Crippen LogP contribution >= 0.6 is 0 Å². The summed E-state index contributed by atoms with van der Waals surface area (Å²) in [7, 11) is 0. The number of carbonyl (C=O) groups excluding carboxylic acids is 1. The zero-order valence-corrected chi connectivity index (χ0v) is 11.8. The van der Waals surface area contributed by atoms with Crippen molar-refractivity contribution < 1.29 is 18.3 Å². The topological polar surface area (TPSA) is 29.5 Å². The zero-order valence-electron chi connectivity index (χ0n) is 11.8. The highest BCUT2D eigenvalue weighted by Crippen LogP contribution is 2.21. The number of rotatable bonds is 3. The van der Waals surface area contributed by atoms with Gasteiger partial charge in [0.1, 0.15) is 23.5 Å². The summed E-state index contributed by atoms with van der Waals surface area (Å²) in [6.45, 7) is 0.858. The third kappa shape index (κ3) is 3.08. The molecule has 0 bridgehead atoms. The predicted octanol–water partition coefficient (Wildman–Crippen LogP) is 3.26. The van der Waals surface area contributed by atoms with E-state index in [9.17, 15) is 13.6 Å². The van der Waals surface area contributed by atoms with Gasteiger partial charge in [0, 0.05) is 19.0 Å². The third-order valence-corrected chi connectivity index (χ3v) is 3.64. The molecule has 2 aromatic carbocycles. The molecule has 5 heteroatoms. The summed E-state index contributed by atoms with van der Waals surface area (Å²) in [4.78, 5) is 13.8. The Labute approximate surface area is 127 Å². The molecule has 2 aromatic rings. The Morgan fingerprint density at radius 2 is 1.95 bits per heavy atom. The molecule has 0 saturated carbocycles. The summed E-state index contributed by atoms with van der Waals surface area (Å²) in [6.07, 6.45) is 0.425. The molecule has 1 unspecified atom stereocenters. The lowest BCUT2D eigenvalue weighted by molar-refractivity contribution is 0.0767. The summed E-state index contributed by atoms with van der Waals surface area (Å²) in [5.41, 5.74) is 0.0638. The maximum Gasteiger partial charge on any atom is 0.256 e. The first kappa shape index (κ1) is 14.5. The van der Waals surface area contributed by atoms with Crippen LogP contribution in [0.25, 0.3) is 0 Å². The van der Waals surface area contributed by atoms with Gasteiger partial charge in [-0.3, -0.25) is 4.79 Å². The molecular weight excluding hydrogens is 288 g/mol. The molecule has 1 amide bonds. The minimum absolute atomic E-state index is 0.0638. The summed E-state index contributed by atoms with van der Waals surface area (Å²) < 4.78 is 32.5. The molecular formula is C17H15F2NO2. The SMILES string of the molecule is O=C(c1ccccc1F)N1CCC(Oc2cccc(F)c2)C1. The fourth-order valence-electron chi connectivity index (χ4n) is 2.55. The summed E-state index contributed by atoms with van der Waals surface area (Å²) in [5.74, 6) is -0.801. The lowest BCUT2D eigenvalue weighted by Gasteiger charge is -2.17. The van der Waals surface area contributed by atoms with Gasteiger partial charge in [-0.25, -0.2) is 8.78 Å². The van der Waals surface area contributed by atoms with E-state index >= 15 is 0 Å². The Kier molecular flexibility index (Phi) is 4.04. The number of ether oxygens (including phenoxy) is 1. The molecule has 0 aromatic heterocycles. The van der Waals surface area contributed by atoms with Crippen molar-refractivity contribution in [3.05, 3.63) is 65.7 Å². The van der Waals surface area contributed by atoms with E-state index in [1.54, 1.807) is 29.2 Å². The van der Waals surface area contributed by atoms with Crippen LogP contribution in [0.15, 0.2) is 48.5 Å². The standard InChI is InChI=1S/C17H15F2NO2/c18-12-4-3-5-13(10-12)22-14-8-9-20(11-14)17(21)15-6-1-2-7-16(15)19/h1-7,10,14H,8-9,11H2. The average Bonchev–Trinajstić information content (AvgIpc) is 2.95. The van der Waals surface area contributed by atoms with Crippen molar-refractivity contribution in [3.8, 4) is 5.75 Å². The molecule has 1 aliphatic rings. The van der Waals surface area contributed by atoms with Crippen LogP contribution in [0.1, 0.15) is 16.8 Å². The first-order valence-corrected chi connectivity index (χ1v) is 7.09. The Morgan fingerprint density at radius 3 is 2.73 bits per heavy atom. The molecule has 1 aliphatic heterocycles. The first-order chi connectivity index (χ1) is 10.6. The van der Waals surface area contributed by atoms with Crippen LogP contribution in [-0.2, 0) is 0 Å². The van der Waals surface area contributed by atoms with Gasteiger partial charge in [-0.2, -0.15) is 0 Å². The molecule has 1 saturated heterocycles. The van der Waals surface area contributed by atoms with Crippen LogP contribution in [-0.4, -0.2) is 30.0 Å². The lowest BCUT2D eigenvalue weighted by Crippen LogP contribution is -2.31. The van der Waals surface area contributed by atoms with Crippen LogP contribution in [0.4, 0.5) is 8.78 Å². The van der Waals surface area contributed by atoms with Gasteiger partial charge < -0.3 is 9.64 Å². The zero-order chi connectivity index (χ0) is 15.5. The van der Waals surface area contributed by atoms with Gasteiger partial charge in [0.2, 0.25) is 0 Å². The third-order valence-electron chi connectivity index (χ3n) is 3.64. The number of halogens is 2. The fraction of sp³-hybridized carbons (Fsp3) is 0.235. The highest BCUT2D eigenvalue weighted by atomic mass is 19.1. The molecule has 0 radical (unpaired) electrons. The minimum Gasteiger partial charge on any atom is -0.488 e. The summed E-state index contributed by atoms with van der Waals surface area (Å²) in [5, 5.41) is 0. The largest absolute Gasteiger partial charge is 0.488 e. The maximum absolute atomic E-state index is 13.7. The van der Waals surface area contributed by atoms with Gasteiger partial charge in [-0.1, -0.05) is 18.2 Å². The lowest BCUT2D eigenvalue weighted by atomic mass is 10.2. The van der Waals surface area contributed by atoms with Crippen molar-refractivity contribution in [2.45, 2.75) is 12.5 Å². The Morgan fingerprint density at radius 1 is 1.14 bits per heavy atom. The molecule has 1 fully saturated rings. The molecule has 1 heterocycles. The van der Waals surface area contributed by atoms with E-state index in [0.717, 1.165) is 0 Å². The average molecular weight is 303 g/mol. The van der Waals surface area contributed by atoms with Gasteiger partial charge >= 0.3 is 0 Å². The number of benzene rings is 2. The maximum atomic E-state index is 13.7. The van der Waals surface area contributed by atoms with Crippen molar-refractivity contribution in [1.29, 1.82) is 0 Å². The molecule has 0 aliphatic carbocycles. The van der Waals surface area contributed by atoms with Gasteiger partial charge in [0.15, 0.2) is 0 Å². The first-order valence-electron chi connectivity index (χ1n) is 7.09. The molecule has 22 heavy (non-hydrogen) atoms. The van der Waals surface area contributed by atoms with E-state index in [0.29, 0.717) is 25.3 Å². The van der Waals surface area contributed by atoms with Crippen molar-refractivity contribution in [2.75, 3.05) is 13.1 Å². The van der Waals surface area contributed by atoms with E-state index in [1.165, 1.54) is 24.3 Å². The van der Waals surface area contributed by atoms with E-state index < -0.39 is 5.82 Å². The summed E-state index contributed by atoms with van der Waals surface area (Å²) in [6, 6.07) is 11.8. The van der Waals surface area contributed by atoms with Crippen molar-refractivity contribution in [1.82, 2.24) is 4.90 Å². The Bertz CT molecular complexity index is 690. The van der Waals surface area contributed by atoms with Gasteiger partial charge in [0.05, 0.1) is 12.1 Å². The van der Waals surface area contributed by atoms with Crippen LogP contribution < -0.4 is 4.74 Å². The number of amides is 1. The molecule has 114 valence electrons. The molecule has 3 nitrogen and oxygen atoms in total. The normalized spacial score (nSPS) is 17.5. The van der Waals surface area contributed by atoms with E-state index in [-0.39, 0.29) is 23.4 Å². The monoisotopic (exact) mass is 303 g/mol. The molecule has 0 spiro atoms. The van der Waals surface area contributed by atoms with Crippen LogP contribution in [0.2, 0.25) is 0 Å². The predicted molar refractivity (Wildman–Crippen MR) is 77.7 cm³/mol. The smallest absolute Gasteiger partial charge is 0.256 e. The van der Waals surface area contributed by atoms with Crippen molar-refractivity contribution in [3.63, 3.8) is 0 Å². The van der Waals surface area contributed by atoms with Crippen LogP contribution in [0.3, 0.4) is 0 Å². The van der Waals surface area contributed by atoms with Crippen molar-refractivity contribution in [2.24, 2.45) is 0 Å². The van der Waals surface area contributed by atoms with Gasteiger partial charge in [0.25, 0.3) is 5.91 Å². The Hall–Kier alpha value is -2.43. The minimum atomic E-state index is -0.526. The second-order valence-corrected chi connectivity index (χ2v) is 5.22. The number of hydrogen-bond acceptors (Lipinski definition) is 2. The fourth-order valence-corrected chi connectivity index (χ4v) is 2.55. The quantitative estimate of drug-likeness (QED) is 0.871. The van der Waals surface area contributed by atoms with Gasteiger partial charge in [-0.15, -0.1) is 0 Å². The van der Waals surface area contributed by atoms with Gasteiger partial charge in [-0.05, 0) is 24.3 Å². The van der Waals surface area contributed by atoms with Crippen molar-refractivity contribution >= 4 is 5.91 Å². The van der Waals surface area contributed by atoms with E-state index in [1.807, 2.05) is 0 Å². The number of hydrogen-bond donors (Lipinski definition) is 0. The molecule has 0 N–H and O–H groups in total. The second-order valence-electron chi connectivity index (χ2n) is 5.22. The summed E-state index contributed by atoms with van der Waals surface area (Å²) >= 11 is 0. The van der Waals surface area contributed by atoms with E-state index in [2.05, 4.69) is 0 Å². The highest BCUT2D eigenvalue weighted by Gasteiger charge is 2.29. The molecule has 3 rings (SSSR count). The molecule has 1 atom stereocenters. The Balaban J connectivity index is 1.65. The van der Waals surface area contributed by atoms with E-state index in [4.69, 9.17) is 4.74 Å². The van der Waals surface area contributed by atoms with Crippen LogP contribution in [0, 0.1) is 11.6 Å². The number of nitrogens with zero attached hydrogens (tertiary/aromatic N) is 1. The highest BCUT2D eigenvalue weighted by molar-refractivity contribution is 5.94. The number of carbonyl (C=O) groups is 1.